The maximum atomic E-state index is 13.5. The predicted molar refractivity (Wildman–Crippen MR) is 121 cm³/mol. The number of hydrogen-bond acceptors (Lipinski definition) is 4. The van der Waals surface area contributed by atoms with E-state index in [0.29, 0.717) is 18.1 Å². The Morgan fingerprint density at radius 1 is 1.03 bits per heavy atom. The normalized spacial score (nSPS) is 34.1. The number of nitrogens with zero attached hydrogens (tertiary/aromatic N) is 2. The van der Waals surface area contributed by atoms with E-state index in [9.17, 15) is 9.59 Å². The molecule has 0 aromatic rings. The van der Waals surface area contributed by atoms with E-state index in [-0.39, 0.29) is 24.7 Å². The highest BCUT2D eigenvalue weighted by Crippen LogP contribution is 2.56. The minimum Gasteiger partial charge on any atom is -0.361 e. The van der Waals surface area contributed by atoms with Crippen molar-refractivity contribution in [2.45, 2.75) is 114 Å². The molecule has 0 aromatic carbocycles. The van der Waals surface area contributed by atoms with E-state index in [1.807, 2.05) is 4.90 Å². The van der Waals surface area contributed by atoms with Crippen molar-refractivity contribution in [3.63, 3.8) is 0 Å². The minimum absolute atomic E-state index is 0.00631. The van der Waals surface area contributed by atoms with Gasteiger partial charge in [0.1, 0.15) is 12.3 Å². The molecule has 0 radical (unpaired) electrons. The van der Waals surface area contributed by atoms with E-state index in [1.54, 1.807) is 0 Å². The Kier molecular flexibility index (Phi) is 6.10. The largest absolute Gasteiger partial charge is 0.361 e. The first-order valence-corrected chi connectivity index (χ1v) is 15.9. The Morgan fingerprint density at radius 3 is 2.27 bits per heavy atom. The third kappa shape index (κ3) is 4.09. The van der Waals surface area contributed by atoms with Crippen LogP contribution in [0, 0.1) is 5.41 Å². The molecule has 0 atom stereocenters. The Hall–Kier alpha value is -0.923. The molecule has 0 unspecified atom stereocenters. The molecular formula is C23H41N3O3Si. The monoisotopic (exact) mass is 435 g/mol. The van der Waals surface area contributed by atoms with Crippen molar-refractivity contribution >= 4 is 20.0 Å². The van der Waals surface area contributed by atoms with Crippen molar-refractivity contribution in [2.24, 2.45) is 11.1 Å². The molecule has 4 aliphatic rings. The number of carbonyl (C=O) groups is 2. The lowest BCUT2D eigenvalue weighted by Gasteiger charge is -2.56. The van der Waals surface area contributed by atoms with E-state index >= 15 is 0 Å². The molecule has 170 valence electrons. The van der Waals surface area contributed by atoms with Crippen LogP contribution in [0.15, 0.2) is 0 Å². The lowest BCUT2D eigenvalue weighted by atomic mass is 9.57. The maximum absolute atomic E-state index is 13.5. The number of nitrogens with two attached hydrogens (primary N) is 1. The van der Waals surface area contributed by atoms with Crippen LogP contribution in [0.4, 0.5) is 4.79 Å². The van der Waals surface area contributed by atoms with Gasteiger partial charge in [-0.15, -0.1) is 0 Å². The molecule has 6 nitrogen and oxygen atoms in total. The summed E-state index contributed by atoms with van der Waals surface area (Å²) in [7, 11) is -1.20. The molecule has 1 aliphatic heterocycles. The van der Waals surface area contributed by atoms with E-state index in [2.05, 4.69) is 19.6 Å². The first kappa shape index (κ1) is 22.3. The second kappa shape index (κ2) is 8.21. The zero-order chi connectivity index (χ0) is 21.6. The second-order valence-electron chi connectivity index (χ2n) is 11.7. The fourth-order valence-corrected chi connectivity index (χ4v) is 7.04. The number of hydrogen-bond donors (Lipinski definition) is 1. The van der Waals surface area contributed by atoms with Gasteiger partial charge in [-0.2, -0.15) is 0 Å². The number of rotatable bonds is 6. The zero-order valence-electron chi connectivity index (χ0n) is 19.3. The van der Waals surface area contributed by atoms with Crippen molar-refractivity contribution in [1.29, 1.82) is 0 Å². The first-order valence-electron chi connectivity index (χ1n) is 12.1. The molecule has 2 N–H and O–H groups in total. The van der Waals surface area contributed by atoms with Crippen molar-refractivity contribution in [2.75, 3.05) is 13.3 Å². The molecule has 7 heteroatoms. The standard InChI is InChI=1S/C23H41N3O3Si/c1-30(2,3)14-13-29-17-25-20(27)23(9-5-4-6-10-23)26(21(25)28)19-15-22(16-19)11-7-18(24)8-12-22/h18-19H,4-17,24H2,1-3H3. The van der Waals surface area contributed by atoms with Gasteiger partial charge in [0.2, 0.25) is 0 Å². The van der Waals surface area contributed by atoms with Gasteiger partial charge in [-0.3, -0.25) is 4.79 Å². The van der Waals surface area contributed by atoms with Crippen molar-refractivity contribution in [3.8, 4) is 0 Å². The van der Waals surface area contributed by atoms with Gasteiger partial charge in [0.25, 0.3) is 5.91 Å². The fourth-order valence-electron chi connectivity index (χ4n) is 6.28. The Labute approximate surface area is 182 Å². The smallest absolute Gasteiger partial charge is 0.329 e. The highest BCUT2D eigenvalue weighted by molar-refractivity contribution is 6.76. The molecule has 2 spiro atoms. The quantitative estimate of drug-likeness (QED) is 0.383. The van der Waals surface area contributed by atoms with Crippen LogP contribution in [-0.4, -0.2) is 60.8 Å². The van der Waals surface area contributed by atoms with Gasteiger partial charge in [-0.25, -0.2) is 9.69 Å². The molecular weight excluding hydrogens is 394 g/mol. The predicted octanol–water partition coefficient (Wildman–Crippen LogP) is 4.32. The van der Waals surface area contributed by atoms with Gasteiger partial charge in [-0.05, 0) is 62.8 Å². The third-order valence-electron chi connectivity index (χ3n) is 8.23. The SMILES string of the molecule is C[Si](C)(C)CCOCN1C(=O)N(C2CC3(CCC(N)CC3)C2)C2(CCCCC2)C1=O. The molecule has 3 amide bonds. The summed E-state index contributed by atoms with van der Waals surface area (Å²) in [5, 5.41) is 0. The fraction of sp³-hybridized carbons (Fsp3) is 0.913. The molecule has 3 saturated carbocycles. The summed E-state index contributed by atoms with van der Waals surface area (Å²) in [6.45, 7) is 7.68. The van der Waals surface area contributed by atoms with Crippen LogP contribution in [0.3, 0.4) is 0 Å². The van der Waals surface area contributed by atoms with Gasteiger partial charge < -0.3 is 15.4 Å². The molecule has 3 aliphatic carbocycles. The molecule has 1 saturated heterocycles. The van der Waals surface area contributed by atoms with Gasteiger partial charge in [0, 0.05) is 26.8 Å². The molecule has 4 fully saturated rings. The number of imide groups is 1. The molecule has 30 heavy (non-hydrogen) atoms. The van der Waals surface area contributed by atoms with Gasteiger partial charge in [0.05, 0.1) is 0 Å². The third-order valence-corrected chi connectivity index (χ3v) is 9.94. The van der Waals surface area contributed by atoms with E-state index in [4.69, 9.17) is 10.5 Å². The molecule has 0 aromatic heterocycles. The van der Waals surface area contributed by atoms with E-state index in [1.165, 1.54) is 17.7 Å². The number of urea groups is 1. The average Bonchev–Trinajstić information content (AvgIpc) is 2.85. The van der Waals surface area contributed by atoms with Gasteiger partial charge in [0.15, 0.2) is 0 Å². The van der Waals surface area contributed by atoms with E-state index in [0.717, 1.165) is 63.8 Å². The summed E-state index contributed by atoms with van der Waals surface area (Å²) in [6.07, 6.45) is 11.5. The zero-order valence-corrected chi connectivity index (χ0v) is 20.3. The summed E-state index contributed by atoms with van der Waals surface area (Å²) in [6, 6.07) is 1.51. The van der Waals surface area contributed by atoms with Crippen molar-refractivity contribution in [3.05, 3.63) is 0 Å². The molecule has 1 heterocycles. The van der Waals surface area contributed by atoms with Gasteiger partial charge >= 0.3 is 6.03 Å². The Balaban J connectivity index is 1.45. The van der Waals surface area contributed by atoms with Crippen molar-refractivity contribution < 1.29 is 14.3 Å². The van der Waals surface area contributed by atoms with E-state index < -0.39 is 13.6 Å². The molecule has 0 bridgehead atoms. The maximum Gasteiger partial charge on any atom is 0.329 e. The van der Waals surface area contributed by atoms with Crippen molar-refractivity contribution in [1.82, 2.24) is 9.80 Å². The molecule has 4 rings (SSSR count). The number of carbonyl (C=O) groups excluding carboxylic acids is 2. The number of amides is 3. The summed E-state index contributed by atoms with van der Waals surface area (Å²) in [4.78, 5) is 30.5. The van der Waals surface area contributed by atoms with Crippen LogP contribution in [0.5, 0.6) is 0 Å². The van der Waals surface area contributed by atoms with Crippen LogP contribution in [0.25, 0.3) is 0 Å². The summed E-state index contributed by atoms with van der Waals surface area (Å²) in [5.41, 5.74) is 5.88. The first-order chi connectivity index (χ1) is 14.2. The van der Waals surface area contributed by atoms with Gasteiger partial charge in [-0.1, -0.05) is 38.9 Å². The Bertz CT molecular complexity index is 655. The Morgan fingerprint density at radius 2 is 1.67 bits per heavy atom. The van der Waals surface area contributed by atoms with Crippen LogP contribution >= 0.6 is 0 Å². The highest BCUT2D eigenvalue weighted by Gasteiger charge is 2.62. The van der Waals surface area contributed by atoms with Crippen LogP contribution in [0.1, 0.15) is 70.6 Å². The van der Waals surface area contributed by atoms with Crippen LogP contribution < -0.4 is 5.73 Å². The number of ether oxygens (including phenoxy) is 1. The lowest BCUT2D eigenvalue weighted by molar-refractivity contribution is -0.140. The highest BCUT2D eigenvalue weighted by atomic mass is 28.3. The van der Waals surface area contributed by atoms with Crippen LogP contribution in [0.2, 0.25) is 25.7 Å². The second-order valence-corrected chi connectivity index (χ2v) is 17.3. The summed E-state index contributed by atoms with van der Waals surface area (Å²) in [5.74, 6) is 0.00631. The summed E-state index contributed by atoms with van der Waals surface area (Å²) >= 11 is 0. The average molecular weight is 436 g/mol. The van der Waals surface area contributed by atoms with Crippen LogP contribution in [-0.2, 0) is 9.53 Å². The lowest BCUT2D eigenvalue weighted by Crippen LogP contribution is -2.61. The minimum atomic E-state index is -1.20. The topological polar surface area (TPSA) is 75.9 Å². The summed E-state index contributed by atoms with van der Waals surface area (Å²) < 4.78 is 5.85.